The minimum absolute atomic E-state index is 0.156. The largest absolute Gasteiger partial charge is 0.480 e. The van der Waals surface area contributed by atoms with Crippen molar-refractivity contribution in [2.24, 2.45) is 5.92 Å². The van der Waals surface area contributed by atoms with Crippen LogP contribution >= 0.6 is 0 Å². The normalized spacial score (nSPS) is 25.7. The average Bonchev–Trinajstić information content (AvgIpc) is 3.74. The quantitative estimate of drug-likeness (QED) is 0.159. The van der Waals surface area contributed by atoms with E-state index in [1.54, 1.807) is 0 Å². The first kappa shape index (κ1) is 33.2. The Balaban J connectivity index is 1.71. The fourth-order valence-electron chi connectivity index (χ4n) is 5.83. The second kappa shape index (κ2) is 14.8. The molecule has 236 valence electrons. The van der Waals surface area contributed by atoms with E-state index in [0.29, 0.717) is 45.1 Å². The Kier molecular flexibility index (Phi) is 11.7. The summed E-state index contributed by atoms with van der Waals surface area (Å²) in [4.78, 5) is 80.4. The summed E-state index contributed by atoms with van der Waals surface area (Å²) in [7, 11) is 0. The fraction of sp³-hybridized carbons (Fsp3) is 0.786. The average molecular weight is 595 g/mol. The molecule has 3 heterocycles. The molecule has 14 nitrogen and oxygen atoms in total. The predicted molar refractivity (Wildman–Crippen MR) is 151 cm³/mol. The van der Waals surface area contributed by atoms with Crippen LogP contribution in [0.2, 0.25) is 0 Å². The van der Waals surface area contributed by atoms with Gasteiger partial charge in [0.2, 0.25) is 29.5 Å². The number of carboxylic acid groups (broad SMARTS) is 1. The van der Waals surface area contributed by atoms with Crippen molar-refractivity contribution in [2.75, 3.05) is 19.6 Å². The Hall–Kier alpha value is -3.26. The van der Waals surface area contributed by atoms with E-state index < -0.39 is 54.1 Å². The van der Waals surface area contributed by atoms with Crippen molar-refractivity contribution in [1.29, 1.82) is 0 Å². The first-order chi connectivity index (χ1) is 19.9. The zero-order chi connectivity index (χ0) is 31.1. The van der Waals surface area contributed by atoms with Crippen LogP contribution in [0, 0.1) is 5.92 Å². The molecule has 3 fully saturated rings. The van der Waals surface area contributed by atoms with Gasteiger partial charge in [0, 0.05) is 13.1 Å². The molecule has 6 N–H and O–H groups in total. The van der Waals surface area contributed by atoms with Crippen LogP contribution in [0.1, 0.15) is 72.6 Å². The van der Waals surface area contributed by atoms with Gasteiger partial charge in [0.15, 0.2) is 0 Å². The number of amides is 5. The Morgan fingerprint density at radius 2 is 1.45 bits per heavy atom. The molecule has 0 aromatic carbocycles. The molecule has 0 saturated carbocycles. The Bertz CT molecular complexity index is 1030. The van der Waals surface area contributed by atoms with Crippen LogP contribution in [-0.2, 0) is 28.8 Å². The van der Waals surface area contributed by atoms with E-state index in [1.807, 2.05) is 13.8 Å². The molecule has 14 heteroatoms. The first-order valence-corrected chi connectivity index (χ1v) is 15.0. The summed E-state index contributed by atoms with van der Waals surface area (Å²) in [5.41, 5.74) is 0. The highest BCUT2D eigenvalue weighted by atomic mass is 16.4. The van der Waals surface area contributed by atoms with Crippen LogP contribution < -0.4 is 21.3 Å². The number of hydrogen-bond donors (Lipinski definition) is 6. The van der Waals surface area contributed by atoms with E-state index in [4.69, 9.17) is 5.11 Å². The lowest BCUT2D eigenvalue weighted by molar-refractivity contribution is -0.149. The maximum Gasteiger partial charge on any atom is 0.325 e. The molecule has 0 spiro atoms. The molecule has 0 radical (unpaired) electrons. The highest BCUT2D eigenvalue weighted by Crippen LogP contribution is 2.27. The zero-order valence-corrected chi connectivity index (χ0v) is 24.9. The number of nitrogens with one attached hydrogen (secondary N) is 4. The van der Waals surface area contributed by atoms with Crippen molar-refractivity contribution >= 4 is 35.5 Å². The molecule has 3 rings (SSSR count). The number of rotatable bonds is 12. The molecular weight excluding hydrogens is 548 g/mol. The summed E-state index contributed by atoms with van der Waals surface area (Å²) >= 11 is 0. The number of nitrogens with zero attached hydrogens (tertiary/aromatic N) is 2. The minimum atomic E-state index is -1.42. The molecule has 3 aliphatic rings. The van der Waals surface area contributed by atoms with Crippen molar-refractivity contribution in [3.63, 3.8) is 0 Å². The van der Waals surface area contributed by atoms with E-state index in [9.17, 15) is 33.9 Å². The van der Waals surface area contributed by atoms with Gasteiger partial charge in [-0.25, -0.2) is 0 Å². The highest BCUT2D eigenvalue weighted by molar-refractivity contribution is 5.97. The Morgan fingerprint density at radius 1 is 0.833 bits per heavy atom. The third kappa shape index (κ3) is 7.77. The molecule has 0 aliphatic carbocycles. The minimum Gasteiger partial charge on any atom is -0.480 e. The lowest BCUT2D eigenvalue weighted by atomic mass is 9.96. The number of carboxylic acids is 1. The van der Waals surface area contributed by atoms with Gasteiger partial charge in [-0.2, -0.15) is 0 Å². The van der Waals surface area contributed by atoms with Crippen molar-refractivity contribution in [2.45, 2.75) is 115 Å². The van der Waals surface area contributed by atoms with E-state index in [1.165, 1.54) is 23.6 Å². The van der Waals surface area contributed by atoms with Crippen LogP contribution in [0.25, 0.3) is 0 Å². The molecule has 0 aromatic heterocycles. The highest BCUT2D eigenvalue weighted by Gasteiger charge is 2.45. The molecule has 3 aliphatic heterocycles. The smallest absolute Gasteiger partial charge is 0.325 e. The van der Waals surface area contributed by atoms with Gasteiger partial charge in [0.1, 0.15) is 30.2 Å². The number of aliphatic hydroxyl groups excluding tert-OH is 1. The summed E-state index contributed by atoms with van der Waals surface area (Å²) in [6, 6.07) is -5.48. The van der Waals surface area contributed by atoms with E-state index in [0.717, 1.165) is 13.0 Å². The second-order valence-electron chi connectivity index (χ2n) is 11.7. The molecule has 42 heavy (non-hydrogen) atoms. The van der Waals surface area contributed by atoms with Gasteiger partial charge in [-0.3, -0.25) is 28.8 Å². The van der Waals surface area contributed by atoms with Gasteiger partial charge in [-0.15, -0.1) is 0 Å². The molecular formula is C28H46N6O8. The third-order valence-corrected chi connectivity index (χ3v) is 8.60. The van der Waals surface area contributed by atoms with Crippen LogP contribution in [0.15, 0.2) is 0 Å². The SMILES string of the molecule is CC[C@H](C)[C@H](NC(=O)[C@@H]1CCCN1)C(=O)N1CCC[C@H]1C(=O)N1CCC[C@H]1C(=O)N[C@H](C(=O)N[C@@H](C)C(=O)O)[C@@H](C)O. The summed E-state index contributed by atoms with van der Waals surface area (Å²) in [5.74, 6) is -3.84. The number of aliphatic carboxylic acids is 1. The van der Waals surface area contributed by atoms with Crippen LogP contribution in [0.3, 0.4) is 0 Å². The van der Waals surface area contributed by atoms with Gasteiger partial charge in [-0.05, 0) is 64.8 Å². The monoisotopic (exact) mass is 594 g/mol. The number of hydrogen-bond acceptors (Lipinski definition) is 8. The maximum absolute atomic E-state index is 13.8. The topological polar surface area (TPSA) is 197 Å². The van der Waals surface area contributed by atoms with Crippen molar-refractivity contribution < 1.29 is 39.0 Å². The number of carbonyl (C=O) groups is 6. The summed E-state index contributed by atoms with van der Waals surface area (Å²) < 4.78 is 0. The fourth-order valence-corrected chi connectivity index (χ4v) is 5.83. The zero-order valence-electron chi connectivity index (χ0n) is 24.9. The number of carbonyl (C=O) groups excluding carboxylic acids is 5. The number of aliphatic hydroxyl groups is 1. The van der Waals surface area contributed by atoms with Crippen LogP contribution in [0.4, 0.5) is 0 Å². The summed E-state index contributed by atoms with van der Waals surface area (Å²) in [5, 5.41) is 30.0. The van der Waals surface area contributed by atoms with Crippen molar-refractivity contribution in [1.82, 2.24) is 31.1 Å². The van der Waals surface area contributed by atoms with E-state index in [2.05, 4.69) is 21.3 Å². The Labute approximate surface area is 246 Å². The first-order valence-electron chi connectivity index (χ1n) is 15.0. The summed E-state index contributed by atoms with van der Waals surface area (Å²) in [6.45, 7) is 7.78. The molecule has 0 aromatic rings. The van der Waals surface area contributed by atoms with Gasteiger partial charge in [0.05, 0.1) is 12.1 Å². The second-order valence-corrected chi connectivity index (χ2v) is 11.7. The van der Waals surface area contributed by atoms with Gasteiger partial charge >= 0.3 is 5.97 Å². The van der Waals surface area contributed by atoms with Crippen molar-refractivity contribution in [3.8, 4) is 0 Å². The predicted octanol–water partition coefficient (Wildman–Crippen LogP) is -1.29. The lowest BCUT2D eigenvalue weighted by Crippen LogP contribution is -2.60. The molecule has 3 saturated heterocycles. The standard InChI is InChI=1S/C28H46N6O8/c1-5-15(2)21(31-23(36)18-9-6-12-29-18)27(40)34-14-8-11-20(34)26(39)33-13-7-10-19(33)24(37)32-22(17(4)35)25(38)30-16(3)28(41)42/h15-22,29,35H,5-14H2,1-4H3,(H,30,38)(H,31,36)(H,32,37)(H,41,42)/t15-,16-,17+,18-,19-,20-,21-,22-/m0/s1. The maximum atomic E-state index is 13.8. The van der Waals surface area contributed by atoms with Crippen LogP contribution in [0.5, 0.6) is 0 Å². The lowest BCUT2D eigenvalue weighted by Gasteiger charge is -2.35. The van der Waals surface area contributed by atoms with E-state index >= 15 is 0 Å². The van der Waals surface area contributed by atoms with Crippen molar-refractivity contribution in [3.05, 3.63) is 0 Å². The molecule has 5 amide bonds. The van der Waals surface area contributed by atoms with Crippen LogP contribution in [-0.4, -0.2) is 118 Å². The van der Waals surface area contributed by atoms with Gasteiger partial charge < -0.3 is 41.3 Å². The number of likely N-dealkylation sites (tertiary alicyclic amines) is 2. The third-order valence-electron chi connectivity index (χ3n) is 8.60. The molecule has 0 bridgehead atoms. The summed E-state index contributed by atoms with van der Waals surface area (Å²) in [6.07, 6.45) is 2.81. The van der Waals surface area contributed by atoms with Gasteiger partial charge in [-0.1, -0.05) is 20.3 Å². The van der Waals surface area contributed by atoms with Gasteiger partial charge in [0.25, 0.3) is 0 Å². The van der Waals surface area contributed by atoms with E-state index in [-0.39, 0.29) is 36.2 Å². The molecule has 0 unspecified atom stereocenters. The Morgan fingerprint density at radius 3 is 2.02 bits per heavy atom. The molecule has 8 atom stereocenters.